The summed E-state index contributed by atoms with van der Waals surface area (Å²) < 4.78 is 5.40. The molecule has 0 aliphatic rings. The number of nitrogens with zero attached hydrogens (tertiary/aromatic N) is 1. The van der Waals surface area contributed by atoms with Gasteiger partial charge in [-0.1, -0.05) is 66.7 Å². The number of fused-ring (bicyclic) bond motifs is 1. The molecule has 5 nitrogen and oxygen atoms in total. The van der Waals surface area contributed by atoms with E-state index in [0.717, 1.165) is 16.8 Å². The molecular weight excluding hydrogens is 388 g/mol. The molecule has 1 aromatic heterocycles. The molecule has 0 aliphatic heterocycles. The molecule has 0 saturated heterocycles. The van der Waals surface area contributed by atoms with E-state index in [4.69, 9.17) is 9.72 Å². The normalized spacial score (nSPS) is 10.6. The van der Waals surface area contributed by atoms with Crippen molar-refractivity contribution in [2.75, 3.05) is 11.9 Å². The third kappa shape index (κ3) is 4.31. The van der Waals surface area contributed by atoms with Crippen LogP contribution in [0.25, 0.3) is 22.2 Å². The summed E-state index contributed by atoms with van der Waals surface area (Å²) in [5, 5.41) is 3.48. The Hall–Kier alpha value is -3.99. The van der Waals surface area contributed by atoms with Crippen LogP contribution in [0.1, 0.15) is 21.5 Å². The number of amides is 1. The zero-order chi connectivity index (χ0) is 21.8. The predicted octanol–water partition coefficient (Wildman–Crippen LogP) is 5.31. The number of carbonyl (C=O) groups is 2. The minimum Gasteiger partial charge on any atom is -0.452 e. The molecule has 5 heteroatoms. The Bertz CT molecular complexity index is 1270. The average Bonchev–Trinajstić information content (AvgIpc) is 2.79. The largest absolute Gasteiger partial charge is 0.452 e. The maximum Gasteiger partial charge on any atom is 0.339 e. The Morgan fingerprint density at radius 2 is 1.55 bits per heavy atom. The minimum absolute atomic E-state index is 0.371. The Balaban J connectivity index is 1.62. The summed E-state index contributed by atoms with van der Waals surface area (Å²) in [6, 6.07) is 24.6. The van der Waals surface area contributed by atoms with E-state index in [1.165, 1.54) is 0 Å². The van der Waals surface area contributed by atoms with Crippen LogP contribution >= 0.6 is 0 Å². The molecule has 154 valence electrons. The van der Waals surface area contributed by atoms with Gasteiger partial charge in [-0.2, -0.15) is 0 Å². The first-order valence-electron chi connectivity index (χ1n) is 10.0. The molecule has 0 spiro atoms. The lowest BCUT2D eigenvalue weighted by Gasteiger charge is -2.14. The van der Waals surface area contributed by atoms with E-state index in [1.807, 2.05) is 92.7 Å². The summed E-state index contributed by atoms with van der Waals surface area (Å²) in [5.74, 6) is -0.935. The third-order valence-corrected chi connectivity index (χ3v) is 5.14. The first kappa shape index (κ1) is 20.3. The average molecular weight is 410 g/mol. The Morgan fingerprint density at radius 3 is 2.32 bits per heavy atom. The van der Waals surface area contributed by atoms with Crippen LogP contribution in [0.2, 0.25) is 0 Å². The number of nitrogens with one attached hydrogen (secondary N) is 1. The summed E-state index contributed by atoms with van der Waals surface area (Å²) in [6.45, 7) is 3.38. The van der Waals surface area contributed by atoms with Crippen LogP contribution in [-0.4, -0.2) is 23.5 Å². The number of anilines is 1. The van der Waals surface area contributed by atoms with Crippen LogP contribution in [-0.2, 0) is 9.53 Å². The van der Waals surface area contributed by atoms with E-state index in [2.05, 4.69) is 5.32 Å². The molecule has 1 amide bonds. The maximum atomic E-state index is 13.1. The summed E-state index contributed by atoms with van der Waals surface area (Å²) >= 11 is 0. The fraction of sp³-hybridized carbons (Fsp3) is 0.115. The predicted molar refractivity (Wildman–Crippen MR) is 122 cm³/mol. The minimum atomic E-state index is -0.548. The number of ether oxygens (including phenoxy) is 1. The Morgan fingerprint density at radius 1 is 0.871 bits per heavy atom. The molecule has 1 N–H and O–H groups in total. The first-order chi connectivity index (χ1) is 15.0. The molecule has 1 heterocycles. The molecule has 4 rings (SSSR count). The summed E-state index contributed by atoms with van der Waals surface area (Å²) in [4.78, 5) is 30.2. The second-order valence-corrected chi connectivity index (χ2v) is 7.28. The highest BCUT2D eigenvalue weighted by atomic mass is 16.5. The van der Waals surface area contributed by atoms with Gasteiger partial charge < -0.3 is 10.1 Å². The summed E-state index contributed by atoms with van der Waals surface area (Å²) in [7, 11) is 0. The zero-order valence-electron chi connectivity index (χ0n) is 17.4. The maximum absolute atomic E-state index is 13.1. The number of hydrogen-bond acceptors (Lipinski definition) is 4. The van der Waals surface area contributed by atoms with Crippen molar-refractivity contribution in [2.24, 2.45) is 0 Å². The van der Waals surface area contributed by atoms with Crippen LogP contribution in [0.4, 0.5) is 5.69 Å². The monoisotopic (exact) mass is 410 g/mol. The van der Waals surface area contributed by atoms with Crippen LogP contribution in [0.3, 0.4) is 0 Å². The van der Waals surface area contributed by atoms with Gasteiger partial charge in [0.1, 0.15) is 0 Å². The van der Waals surface area contributed by atoms with Crippen molar-refractivity contribution in [3.63, 3.8) is 0 Å². The van der Waals surface area contributed by atoms with Crippen LogP contribution in [0.5, 0.6) is 0 Å². The van der Waals surface area contributed by atoms with Gasteiger partial charge in [0.15, 0.2) is 6.61 Å². The highest BCUT2D eigenvalue weighted by molar-refractivity contribution is 6.07. The molecule has 0 bridgehead atoms. The van der Waals surface area contributed by atoms with Crippen molar-refractivity contribution in [3.05, 3.63) is 95.6 Å². The van der Waals surface area contributed by atoms with Gasteiger partial charge in [-0.05, 0) is 37.1 Å². The number of esters is 1. The van der Waals surface area contributed by atoms with E-state index in [1.54, 1.807) is 0 Å². The van der Waals surface area contributed by atoms with Gasteiger partial charge in [0.2, 0.25) is 0 Å². The third-order valence-electron chi connectivity index (χ3n) is 5.14. The van der Waals surface area contributed by atoms with Gasteiger partial charge in [0, 0.05) is 16.6 Å². The van der Waals surface area contributed by atoms with Gasteiger partial charge in [-0.3, -0.25) is 4.79 Å². The Labute approximate surface area is 180 Å². The number of aryl methyl sites for hydroxylation is 1. The van der Waals surface area contributed by atoms with E-state index >= 15 is 0 Å². The molecular formula is C26H22N2O3. The molecule has 31 heavy (non-hydrogen) atoms. The van der Waals surface area contributed by atoms with E-state index < -0.39 is 5.97 Å². The molecule has 4 aromatic rings. The lowest BCUT2D eigenvalue weighted by molar-refractivity contribution is -0.119. The zero-order valence-corrected chi connectivity index (χ0v) is 17.4. The second kappa shape index (κ2) is 8.79. The van der Waals surface area contributed by atoms with Gasteiger partial charge in [0.05, 0.1) is 16.8 Å². The van der Waals surface area contributed by atoms with Crippen molar-refractivity contribution in [1.82, 2.24) is 4.98 Å². The topological polar surface area (TPSA) is 68.3 Å². The standard InChI is InChI=1S/C26H22N2O3/c1-17-10-6-8-14-21(17)27-23(29)16-31-26(30)24-18(2)25(19-11-4-3-5-12-19)28-22-15-9-7-13-20(22)24/h3-15H,16H2,1-2H3,(H,27,29). The molecule has 3 aromatic carbocycles. The van der Waals surface area contributed by atoms with Gasteiger partial charge in [-0.15, -0.1) is 0 Å². The van der Waals surface area contributed by atoms with E-state index in [-0.39, 0.29) is 12.5 Å². The highest BCUT2D eigenvalue weighted by Crippen LogP contribution is 2.30. The lowest BCUT2D eigenvalue weighted by Crippen LogP contribution is -2.22. The van der Waals surface area contributed by atoms with Crippen molar-refractivity contribution >= 4 is 28.5 Å². The fourth-order valence-electron chi connectivity index (χ4n) is 3.55. The van der Waals surface area contributed by atoms with Crippen molar-refractivity contribution in [2.45, 2.75) is 13.8 Å². The van der Waals surface area contributed by atoms with Crippen LogP contribution in [0, 0.1) is 13.8 Å². The number of benzene rings is 3. The van der Waals surface area contributed by atoms with Crippen molar-refractivity contribution < 1.29 is 14.3 Å². The van der Waals surface area contributed by atoms with Gasteiger partial charge in [-0.25, -0.2) is 9.78 Å². The lowest BCUT2D eigenvalue weighted by atomic mass is 9.98. The number of pyridine rings is 1. The van der Waals surface area contributed by atoms with Crippen molar-refractivity contribution in [1.29, 1.82) is 0 Å². The summed E-state index contributed by atoms with van der Waals surface area (Å²) in [6.07, 6.45) is 0. The SMILES string of the molecule is Cc1ccccc1NC(=O)COC(=O)c1c(C)c(-c2ccccc2)nc2ccccc12. The first-order valence-corrected chi connectivity index (χ1v) is 10.0. The van der Waals surface area contributed by atoms with Gasteiger partial charge in [0.25, 0.3) is 5.91 Å². The number of rotatable bonds is 5. The van der Waals surface area contributed by atoms with Crippen molar-refractivity contribution in [3.8, 4) is 11.3 Å². The summed E-state index contributed by atoms with van der Waals surface area (Å²) in [5.41, 5.74) is 5.10. The molecule has 0 fully saturated rings. The van der Waals surface area contributed by atoms with Crippen LogP contribution in [0.15, 0.2) is 78.9 Å². The highest BCUT2D eigenvalue weighted by Gasteiger charge is 2.21. The molecule has 0 radical (unpaired) electrons. The van der Waals surface area contributed by atoms with Crippen LogP contribution < -0.4 is 5.32 Å². The number of para-hydroxylation sites is 2. The van der Waals surface area contributed by atoms with Gasteiger partial charge >= 0.3 is 5.97 Å². The number of carbonyl (C=O) groups excluding carboxylic acids is 2. The smallest absolute Gasteiger partial charge is 0.339 e. The second-order valence-electron chi connectivity index (χ2n) is 7.28. The molecule has 0 atom stereocenters. The molecule has 0 unspecified atom stereocenters. The molecule has 0 aliphatic carbocycles. The van der Waals surface area contributed by atoms with E-state index in [9.17, 15) is 9.59 Å². The Kier molecular flexibility index (Phi) is 5.76. The number of aromatic nitrogens is 1. The fourth-order valence-corrected chi connectivity index (χ4v) is 3.55. The quantitative estimate of drug-likeness (QED) is 0.453. The number of hydrogen-bond donors (Lipinski definition) is 1. The molecule has 0 saturated carbocycles. The van der Waals surface area contributed by atoms with E-state index in [0.29, 0.717) is 27.7 Å².